The number of hydrogen-bond acceptors (Lipinski definition) is 5. The van der Waals surface area contributed by atoms with Gasteiger partial charge in [0.1, 0.15) is 11.4 Å². The number of carbonyl (C=O) groups is 2. The second kappa shape index (κ2) is 7.00. The normalized spacial score (nSPS) is 28.8. The zero-order valence-corrected chi connectivity index (χ0v) is 18.5. The number of ether oxygens (including phenoxy) is 1. The molecule has 30 heavy (non-hydrogen) atoms. The molecule has 3 atom stereocenters. The van der Waals surface area contributed by atoms with E-state index in [-0.39, 0.29) is 41.3 Å². The highest BCUT2D eigenvalue weighted by Crippen LogP contribution is 2.43. The molecule has 1 aromatic carbocycles. The lowest BCUT2D eigenvalue weighted by atomic mass is 9.89. The molecule has 7 nitrogen and oxygen atoms in total. The van der Waals surface area contributed by atoms with Gasteiger partial charge in [0.15, 0.2) is 5.96 Å². The summed E-state index contributed by atoms with van der Waals surface area (Å²) in [4.78, 5) is 31.4. The number of hydrogen-bond donors (Lipinski definition) is 2. The van der Waals surface area contributed by atoms with Crippen molar-refractivity contribution in [2.45, 2.75) is 71.1 Å². The van der Waals surface area contributed by atoms with Gasteiger partial charge < -0.3 is 15.8 Å². The average Bonchev–Trinajstić information content (AvgIpc) is 3.37. The van der Waals surface area contributed by atoms with Crippen molar-refractivity contribution < 1.29 is 14.3 Å². The van der Waals surface area contributed by atoms with Gasteiger partial charge in [0.25, 0.3) is 0 Å². The minimum atomic E-state index is -0.459. The van der Waals surface area contributed by atoms with Gasteiger partial charge in [0, 0.05) is 24.4 Å². The largest absolute Gasteiger partial charge is 0.487 e. The molecule has 1 aromatic rings. The molecule has 0 aromatic heterocycles. The zero-order valence-electron chi connectivity index (χ0n) is 18.5. The Kier molecular flexibility index (Phi) is 4.83. The van der Waals surface area contributed by atoms with Crippen molar-refractivity contribution in [3.63, 3.8) is 0 Å². The molecule has 3 unspecified atom stereocenters. The van der Waals surface area contributed by atoms with Crippen LogP contribution in [0.1, 0.15) is 64.1 Å². The van der Waals surface area contributed by atoms with Gasteiger partial charge in [-0.2, -0.15) is 0 Å². The van der Waals surface area contributed by atoms with E-state index in [0.29, 0.717) is 19.4 Å². The molecule has 2 amide bonds. The van der Waals surface area contributed by atoms with E-state index in [1.807, 2.05) is 46.8 Å². The van der Waals surface area contributed by atoms with Gasteiger partial charge in [-0.15, -0.1) is 0 Å². The van der Waals surface area contributed by atoms with Crippen molar-refractivity contribution in [2.75, 3.05) is 6.54 Å². The van der Waals surface area contributed by atoms with E-state index in [0.717, 1.165) is 23.3 Å². The van der Waals surface area contributed by atoms with Gasteiger partial charge in [-0.25, -0.2) is 4.99 Å². The predicted molar refractivity (Wildman–Crippen MR) is 115 cm³/mol. The number of nitrogens with two attached hydrogens (primary N) is 1. The van der Waals surface area contributed by atoms with Crippen molar-refractivity contribution in [3.05, 3.63) is 29.3 Å². The van der Waals surface area contributed by atoms with E-state index >= 15 is 0 Å². The molecule has 7 heteroatoms. The zero-order chi connectivity index (χ0) is 21.8. The maximum Gasteiger partial charge on any atom is 0.231 e. The van der Waals surface area contributed by atoms with Gasteiger partial charge in [0.05, 0.1) is 18.0 Å². The highest BCUT2D eigenvalue weighted by Gasteiger charge is 2.47. The molecule has 2 aliphatic heterocycles. The van der Waals surface area contributed by atoms with E-state index in [9.17, 15) is 9.59 Å². The third kappa shape index (κ3) is 4.16. The van der Waals surface area contributed by atoms with E-state index < -0.39 is 5.54 Å². The SMILES string of the molecule is Cc1ccc2c(c1)C(NC(=O)C1CC1CN1C(=O)CC(C)(C)N=C1N)CC(C)(C)O2. The molecule has 0 saturated heterocycles. The lowest BCUT2D eigenvalue weighted by Gasteiger charge is -2.38. The quantitative estimate of drug-likeness (QED) is 0.794. The molecule has 0 bridgehead atoms. The molecule has 162 valence electrons. The first-order chi connectivity index (χ1) is 13.9. The fourth-order valence-corrected chi connectivity index (χ4v) is 4.59. The Bertz CT molecular complexity index is 921. The molecular weight excluding hydrogens is 380 g/mol. The molecular formula is C23H32N4O3. The minimum Gasteiger partial charge on any atom is -0.487 e. The van der Waals surface area contributed by atoms with Crippen molar-refractivity contribution in [1.29, 1.82) is 0 Å². The lowest BCUT2D eigenvalue weighted by Crippen LogP contribution is -2.50. The van der Waals surface area contributed by atoms with Crippen LogP contribution in [0.3, 0.4) is 0 Å². The Hall–Kier alpha value is -2.57. The first-order valence-corrected chi connectivity index (χ1v) is 10.7. The number of aryl methyl sites for hydroxylation is 1. The van der Waals surface area contributed by atoms with Crippen LogP contribution in [0, 0.1) is 18.8 Å². The third-order valence-electron chi connectivity index (χ3n) is 6.19. The molecule has 3 N–H and O–H groups in total. The molecule has 1 saturated carbocycles. The highest BCUT2D eigenvalue weighted by atomic mass is 16.5. The number of nitrogens with zero attached hydrogens (tertiary/aromatic N) is 2. The average molecular weight is 413 g/mol. The first kappa shape index (κ1) is 20.7. The van der Waals surface area contributed by atoms with Crippen molar-refractivity contribution in [2.24, 2.45) is 22.6 Å². The van der Waals surface area contributed by atoms with Crippen LogP contribution in [0.25, 0.3) is 0 Å². The molecule has 3 aliphatic rings. The Labute approximate surface area is 178 Å². The van der Waals surface area contributed by atoms with Crippen LogP contribution in [-0.4, -0.2) is 40.4 Å². The van der Waals surface area contributed by atoms with Crippen LogP contribution in [0.15, 0.2) is 23.2 Å². The van der Waals surface area contributed by atoms with Gasteiger partial charge in [-0.3, -0.25) is 14.5 Å². The number of benzene rings is 1. The van der Waals surface area contributed by atoms with Crippen LogP contribution in [0.5, 0.6) is 5.75 Å². The fraction of sp³-hybridized carbons (Fsp3) is 0.609. The molecule has 2 heterocycles. The van der Waals surface area contributed by atoms with Crippen molar-refractivity contribution >= 4 is 17.8 Å². The van der Waals surface area contributed by atoms with Crippen LogP contribution in [0.4, 0.5) is 0 Å². The molecule has 1 aliphatic carbocycles. The minimum absolute atomic E-state index is 0.0193. The number of fused-ring (bicyclic) bond motifs is 1. The summed E-state index contributed by atoms with van der Waals surface area (Å²) in [5.41, 5.74) is 7.40. The smallest absolute Gasteiger partial charge is 0.231 e. The summed E-state index contributed by atoms with van der Waals surface area (Å²) in [5, 5.41) is 3.24. The Balaban J connectivity index is 1.42. The summed E-state index contributed by atoms with van der Waals surface area (Å²) in [6.45, 7) is 10.4. The van der Waals surface area contributed by atoms with Crippen molar-refractivity contribution in [1.82, 2.24) is 10.2 Å². The van der Waals surface area contributed by atoms with Gasteiger partial charge in [-0.05, 0) is 53.0 Å². The Morgan fingerprint density at radius 2 is 2.07 bits per heavy atom. The van der Waals surface area contributed by atoms with E-state index in [1.54, 1.807) is 4.90 Å². The van der Waals surface area contributed by atoms with Gasteiger partial charge in [-0.1, -0.05) is 17.7 Å². The summed E-state index contributed by atoms with van der Waals surface area (Å²) >= 11 is 0. The van der Waals surface area contributed by atoms with E-state index in [4.69, 9.17) is 10.5 Å². The molecule has 4 rings (SSSR count). The molecule has 0 spiro atoms. The maximum absolute atomic E-state index is 13.0. The summed E-state index contributed by atoms with van der Waals surface area (Å²) in [6, 6.07) is 6.02. The van der Waals surface area contributed by atoms with Crippen LogP contribution in [0.2, 0.25) is 0 Å². The summed E-state index contributed by atoms with van der Waals surface area (Å²) < 4.78 is 6.10. The lowest BCUT2D eigenvalue weighted by molar-refractivity contribution is -0.130. The maximum atomic E-state index is 13.0. The first-order valence-electron chi connectivity index (χ1n) is 10.7. The number of amides is 2. The molecule has 0 radical (unpaired) electrons. The number of guanidine groups is 1. The second-order valence-corrected chi connectivity index (χ2v) is 10.2. The molecule has 1 fully saturated rings. The number of nitrogens with one attached hydrogen (secondary N) is 1. The Morgan fingerprint density at radius 3 is 2.77 bits per heavy atom. The Morgan fingerprint density at radius 1 is 1.33 bits per heavy atom. The van der Waals surface area contributed by atoms with Crippen LogP contribution in [-0.2, 0) is 9.59 Å². The summed E-state index contributed by atoms with van der Waals surface area (Å²) in [6.07, 6.45) is 1.82. The number of aliphatic imine (C=N–C) groups is 1. The highest BCUT2D eigenvalue weighted by molar-refractivity contribution is 5.99. The second-order valence-electron chi connectivity index (χ2n) is 10.2. The van der Waals surface area contributed by atoms with Crippen LogP contribution < -0.4 is 15.8 Å². The summed E-state index contributed by atoms with van der Waals surface area (Å²) in [7, 11) is 0. The van der Waals surface area contributed by atoms with Gasteiger partial charge in [0.2, 0.25) is 11.8 Å². The van der Waals surface area contributed by atoms with Gasteiger partial charge >= 0.3 is 0 Å². The third-order valence-corrected chi connectivity index (χ3v) is 6.19. The van der Waals surface area contributed by atoms with Crippen LogP contribution >= 0.6 is 0 Å². The predicted octanol–water partition coefficient (Wildman–Crippen LogP) is 2.68. The van der Waals surface area contributed by atoms with Crippen molar-refractivity contribution in [3.8, 4) is 5.75 Å². The number of rotatable bonds is 4. The fourth-order valence-electron chi connectivity index (χ4n) is 4.59. The monoisotopic (exact) mass is 412 g/mol. The summed E-state index contributed by atoms with van der Waals surface area (Å²) in [5.74, 6) is 1.14. The van der Waals surface area contributed by atoms with E-state index in [2.05, 4.69) is 16.4 Å². The van der Waals surface area contributed by atoms with E-state index in [1.165, 1.54) is 0 Å². The standard InChI is InChI=1S/C23H32N4O3/c1-13-6-7-18-16(8-13)17(10-23(4,5)30-18)25-20(29)15-9-14(15)12-27-19(28)11-22(2,3)26-21(27)24/h6-8,14-15,17H,9-12H2,1-5H3,(H2,24,26)(H,25,29). The topological polar surface area (TPSA) is 97.0 Å². The number of carbonyl (C=O) groups excluding carboxylic acids is 2.